The second kappa shape index (κ2) is 7.54. The van der Waals surface area contributed by atoms with Crippen molar-refractivity contribution in [2.75, 3.05) is 0 Å². The van der Waals surface area contributed by atoms with Crippen molar-refractivity contribution >= 4 is 29.4 Å². The molecule has 0 aliphatic heterocycles. The van der Waals surface area contributed by atoms with Crippen molar-refractivity contribution in [1.29, 1.82) is 0 Å². The molecule has 0 fully saturated rings. The van der Waals surface area contributed by atoms with Gasteiger partial charge in [0.2, 0.25) is 0 Å². The second-order valence-electron chi connectivity index (χ2n) is 5.16. The fourth-order valence-electron chi connectivity index (χ4n) is 2.27. The van der Waals surface area contributed by atoms with Gasteiger partial charge in [0.1, 0.15) is 0 Å². The van der Waals surface area contributed by atoms with Crippen LogP contribution in [0, 0.1) is 5.82 Å². The maximum absolute atomic E-state index is 13.9. The standard InChI is InChI=1S/C19H13BBrFNO/c20-11-15-7-8-16(14-6-9-17(21)18(22)10-14)19(23-15)24-12-13-4-2-1-3-5-13/h1-11H,12H2. The number of pyridine rings is 1. The summed E-state index contributed by atoms with van der Waals surface area (Å²) in [4.78, 5) is 4.40. The zero-order valence-electron chi connectivity index (χ0n) is 12.7. The number of aromatic nitrogens is 1. The molecule has 0 aliphatic carbocycles. The molecule has 0 saturated carbocycles. The summed E-state index contributed by atoms with van der Waals surface area (Å²) < 4.78 is 20.1. The fraction of sp³-hybridized carbons (Fsp3) is 0.0526. The topological polar surface area (TPSA) is 22.1 Å². The van der Waals surface area contributed by atoms with Gasteiger partial charge in [-0.05, 0) is 0 Å². The molecule has 0 aliphatic rings. The molecular weight excluding hydrogens is 368 g/mol. The van der Waals surface area contributed by atoms with E-state index in [2.05, 4.69) is 20.9 Å². The normalized spacial score (nSPS) is 10.4. The molecule has 24 heavy (non-hydrogen) atoms. The van der Waals surface area contributed by atoms with E-state index in [1.165, 1.54) is 12.0 Å². The van der Waals surface area contributed by atoms with Crippen LogP contribution in [0.15, 0.2) is 65.1 Å². The molecule has 0 atom stereocenters. The number of hydrogen-bond acceptors (Lipinski definition) is 2. The van der Waals surface area contributed by atoms with Gasteiger partial charge >= 0.3 is 149 Å². The van der Waals surface area contributed by atoms with Crippen LogP contribution in [0.25, 0.3) is 11.1 Å². The number of nitrogens with zero attached hydrogens (tertiary/aromatic N) is 1. The Morgan fingerprint density at radius 2 is 1.88 bits per heavy atom. The van der Waals surface area contributed by atoms with Gasteiger partial charge in [0.05, 0.1) is 0 Å². The average molecular weight is 381 g/mol. The van der Waals surface area contributed by atoms with Crippen molar-refractivity contribution in [2.24, 2.45) is 0 Å². The van der Waals surface area contributed by atoms with E-state index in [0.717, 1.165) is 5.56 Å². The van der Waals surface area contributed by atoms with Gasteiger partial charge in [-0.1, -0.05) is 0 Å². The SMILES string of the molecule is [B]=Cc1ccc(-c2ccc(Br)c(F)c2)c(OCc2ccccc2)n1. The molecule has 1 aromatic heterocycles. The van der Waals surface area contributed by atoms with Crippen LogP contribution in [0.4, 0.5) is 4.39 Å². The van der Waals surface area contributed by atoms with E-state index < -0.39 is 0 Å². The Balaban J connectivity index is 1.96. The predicted molar refractivity (Wildman–Crippen MR) is 99.0 cm³/mol. The molecule has 5 heteroatoms. The average Bonchev–Trinajstić information content (AvgIpc) is 2.63. The van der Waals surface area contributed by atoms with Crippen LogP contribution in [0.1, 0.15) is 11.3 Å². The van der Waals surface area contributed by atoms with Crippen LogP contribution in [0.3, 0.4) is 0 Å². The van der Waals surface area contributed by atoms with Gasteiger partial charge in [0.25, 0.3) is 0 Å². The first kappa shape index (κ1) is 16.6. The number of hydrogen-bond donors (Lipinski definition) is 0. The van der Waals surface area contributed by atoms with E-state index in [1.54, 1.807) is 12.1 Å². The maximum atomic E-state index is 13.9. The monoisotopic (exact) mass is 380 g/mol. The zero-order chi connectivity index (χ0) is 16.9. The molecule has 3 rings (SSSR count). The summed E-state index contributed by atoms with van der Waals surface area (Å²) in [6.45, 7) is 0.369. The van der Waals surface area contributed by atoms with Gasteiger partial charge in [0.15, 0.2) is 0 Å². The molecule has 0 amide bonds. The van der Waals surface area contributed by atoms with E-state index in [9.17, 15) is 4.39 Å². The number of halogens is 2. The van der Waals surface area contributed by atoms with Gasteiger partial charge in [-0.15, -0.1) is 0 Å². The Kier molecular flexibility index (Phi) is 5.21. The van der Waals surface area contributed by atoms with Crippen molar-refractivity contribution in [3.63, 3.8) is 0 Å². The molecule has 0 N–H and O–H groups in total. The first-order chi connectivity index (χ1) is 11.7. The quantitative estimate of drug-likeness (QED) is 0.606. The zero-order valence-corrected chi connectivity index (χ0v) is 14.3. The Hall–Kier alpha value is -2.27. The Morgan fingerprint density at radius 3 is 2.58 bits per heavy atom. The van der Waals surface area contributed by atoms with Crippen molar-refractivity contribution in [2.45, 2.75) is 6.61 Å². The summed E-state index contributed by atoms with van der Waals surface area (Å²) in [6, 6.07) is 18.3. The summed E-state index contributed by atoms with van der Waals surface area (Å²) in [5.74, 6) is 1.48. The van der Waals surface area contributed by atoms with E-state index in [1.807, 2.05) is 42.5 Å². The minimum atomic E-state index is -0.337. The molecule has 0 saturated heterocycles. The Bertz CT molecular complexity index is 870. The minimum absolute atomic E-state index is 0.337. The third kappa shape index (κ3) is 3.79. The summed E-state index contributed by atoms with van der Waals surface area (Å²) in [5.41, 5.74) is 3.02. The number of ether oxygens (including phenoxy) is 1. The Morgan fingerprint density at radius 1 is 1.08 bits per heavy atom. The molecule has 2 nitrogen and oxygen atoms in total. The number of rotatable bonds is 5. The summed E-state index contributed by atoms with van der Waals surface area (Å²) in [6.07, 6.45) is 0. The van der Waals surface area contributed by atoms with Gasteiger partial charge < -0.3 is 0 Å². The fourth-order valence-corrected chi connectivity index (χ4v) is 2.51. The van der Waals surface area contributed by atoms with Gasteiger partial charge in [-0.3, -0.25) is 0 Å². The third-order valence-electron chi connectivity index (χ3n) is 3.50. The van der Waals surface area contributed by atoms with Gasteiger partial charge in [0, 0.05) is 0 Å². The molecule has 2 aromatic carbocycles. The van der Waals surface area contributed by atoms with E-state index in [4.69, 9.17) is 12.2 Å². The molecule has 3 aromatic rings. The van der Waals surface area contributed by atoms with Crippen LogP contribution in [-0.2, 0) is 6.61 Å². The first-order valence-electron chi connectivity index (χ1n) is 7.35. The molecule has 0 spiro atoms. The summed E-state index contributed by atoms with van der Waals surface area (Å²) in [5, 5.41) is 0. The van der Waals surface area contributed by atoms with Crippen LogP contribution in [0.5, 0.6) is 5.88 Å². The molecule has 0 bridgehead atoms. The summed E-state index contributed by atoms with van der Waals surface area (Å²) in [7, 11) is 5.55. The van der Waals surface area contributed by atoms with E-state index in [0.29, 0.717) is 33.8 Å². The number of benzene rings is 2. The van der Waals surface area contributed by atoms with Crippen molar-refractivity contribution in [3.8, 4) is 17.0 Å². The second-order valence-corrected chi connectivity index (χ2v) is 6.01. The molecular formula is C19H13BBrFNO. The Labute approximate surface area is 149 Å². The van der Waals surface area contributed by atoms with Gasteiger partial charge in [-0.2, -0.15) is 0 Å². The molecule has 1 heterocycles. The van der Waals surface area contributed by atoms with Crippen LogP contribution >= 0.6 is 15.9 Å². The van der Waals surface area contributed by atoms with E-state index in [-0.39, 0.29) is 5.82 Å². The van der Waals surface area contributed by atoms with Crippen LogP contribution in [0.2, 0.25) is 0 Å². The first-order valence-corrected chi connectivity index (χ1v) is 8.15. The van der Waals surface area contributed by atoms with Crippen molar-refractivity contribution in [1.82, 2.24) is 4.98 Å². The van der Waals surface area contributed by atoms with Crippen LogP contribution in [-0.4, -0.2) is 18.4 Å². The van der Waals surface area contributed by atoms with Crippen molar-refractivity contribution in [3.05, 3.63) is 82.2 Å². The molecule has 0 unspecified atom stereocenters. The molecule has 1 radical (unpaired) electrons. The van der Waals surface area contributed by atoms with Crippen LogP contribution < -0.4 is 4.74 Å². The van der Waals surface area contributed by atoms with E-state index >= 15 is 0 Å². The predicted octanol–water partition coefficient (Wildman–Crippen LogP) is 4.55. The van der Waals surface area contributed by atoms with Crippen molar-refractivity contribution < 1.29 is 9.13 Å². The third-order valence-corrected chi connectivity index (χ3v) is 4.14. The molecule has 117 valence electrons. The summed E-state index contributed by atoms with van der Waals surface area (Å²) >= 11 is 3.16. The van der Waals surface area contributed by atoms with Gasteiger partial charge in [-0.25, -0.2) is 0 Å².